The Balaban J connectivity index is 1.90. The Labute approximate surface area is 103 Å². The number of hydrogen-bond donors (Lipinski definition) is 1. The summed E-state index contributed by atoms with van der Waals surface area (Å²) in [5.41, 5.74) is 0. The summed E-state index contributed by atoms with van der Waals surface area (Å²) in [6, 6.07) is 3.05. The van der Waals surface area contributed by atoms with Gasteiger partial charge in [-0.25, -0.2) is 4.98 Å². The average Bonchev–Trinajstić information content (AvgIpc) is 2.16. The summed E-state index contributed by atoms with van der Waals surface area (Å²) < 4.78 is 39.6. The lowest BCUT2D eigenvalue weighted by atomic mass is 9.80. The summed E-state index contributed by atoms with van der Waals surface area (Å²) in [6.45, 7) is 2.06. The van der Waals surface area contributed by atoms with Crippen LogP contribution in [0.5, 0.6) is 5.75 Å². The zero-order chi connectivity index (χ0) is 13.2. The van der Waals surface area contributed by atoms with E-state index < -0.39 is 6.36 Å². The fraction of sp³-hybridized carbons (Fsp3) is 0.583. The third kappa shape index (κ3) is 3.51. The minimum Gasteiger partial charge on any atom is -0.404 e. The molecule has 1 aliphatic rings. The second-order valence-electron chi connectivity index (χ2n) is 4.55. The molecule has 0 aromatic carbocycles. The van der Waals surface area contributed by atoms with Gasteiger partial charge in [-0.2, -0.15) is 0 Å². The second-order valence-corrected chi connectivity index (χ2v) is 4.55. The molecule has 1 saturated carbocycles. The van der Waals surface area contributed by atoms with E-state index in [4.69, 9.17) is 0 Å². The molecular weight excluding hydrogens is 245 g/mol. The van der Waals surface area contributed by atoms with Crippen molar-refractivity contribution in [3.63, 3.8) is 0 Å². The topological polar surface area (TPSA) is 34.1 Å². The number of alkyl halides is 3. The molecule has 1 fully saturated rings. The fourth-order valence-corrected chi connectivity index (χ4v) is 1.95. The largest absolute Gasteiger partial charge is 0.573 e. The van der Waals surface area contributed by atoms with E-state index in [9.17, 15) is 13.2 Å². The van der Waals surface area contributed by atoms with E-state index in [1.54, 1.807) is 0 Å². The number of nitrogens with zero attached hydrogens (tertiary/aromatic N) is 1. The number of anilines is 1. The molecule has 6 heteroatoms. The van der Waals surface area contributed by atoms with Crippen molar-refractivity contribution in [3.8, 4) is 5.75 Å². The van der Waals surface area contributed by atoms with Crippen molar-refractivity contribution in [2.75, 3.05) is 5.32 Å². The number of aromatic nitrogens is 1. The maximum Gasteiger partial charge on any atom is 0.573 e. The minimum atomic E-state index is -4.67. The number of hydrogen-bond acceptors (Lipinski definition) is 3. The zero-order valence-corrected chi connectivity index (χ0v) is 10.00. The van der Waals surface area contributed by atoms with Crippen molar-refractivity contribution in [1.82, 2.24) is 4.98 Å². The molecule has 1 aliphatic carbocycles. The molecule has 1 unspecified atom stereocenters. The fourth-order valence-electron chi connectivity index (χ4n) is 1.95. The van der Waals surface area contributed by atoms with Crippen molar-refractivity contribution in [2.45, 2.75) is 38.6 Å². The smallest absolute Gasteiger partial charge is 0.404 e. The van der Waals surface area contributed by atoms with Crippen molar-refractivity contribution >= 4 is 5.82 Å². The lowest BCUT2D eigenvalue weighted by Gasteiger charge is -2.32. The maximum atomic E-state index is 11.9. The van der Waals surface area contributed by atoms with E-state index in [-0.39, 0.29) is 5.75 Å². The quantitative estimate of drug-likeness (QED) is 0.898. The Kier molecular flexibility index (Phi) is 3.63. The van der Waals surface area contributed by atoms with Gasteiger partial charge in [0.25, 0.3) is 0 Å². The molecule has 100 valence electrons. The highest BCUT2D eigenvalue weighted by molar-refractivity contribution is 5.38. The molecule has 0 radical (unpaired) electrons. The van der Waals surface area contributed by atoms with Gasteiger partial charge in [-0.15, -0.1) is 13.2 Å². The second kappa shape index (κ2) is 5.04. The standard InChI is InChI=1S/C12H15F3N2O/c1-8(9-3-2-4-9)17-11-6-5-10(7-16-11)18-12(13,14)15/h5-9H,2-4H2,1H3,(H,16,17). The third-order valence-electron chi connectivity index (χ3n) is 3.20. The Morgan fingerprint density at radius 2 is 2.11 bits per heavy atom. The molecule has 2 rings (SSSR count). The molecule has 0 aliphatic heterocycles. The molecule has 1 aromatic rings. The van der Waals surface area contributed by atoms with Gasteiger partial charge < -0.3 is 10.1 Å². The van der Waals surface area contributed by atoms with Crippen LogP contribution in [-0.4, -0.2) is 17.4 Å². The van der Waals surface area contributed by atoms with Crippen LogP contribution in [0.25, 0.3) is 0 Å². The predicted molar refractivity (Wildman–Crippen MR) is 61.3 cm³/mol. The van der Waals surface area contributed by atoms with Crippen LogP contribution in [0.3, 0.4) is 0 Å². The van der Waals surface area contributed by atoms with Crippen LogP contribution in [-0.2, 0) is 0 Å². The van der Waals surface area contributed by atoms with E-state index in [1.807, 2.05) is 0 Å². The molecular formula is C12H15F3N2O. The number of nitrogens with one attached hydrogen (secondary N) is 1. The van der Waals surface area contributed by atoms with Crippen molar-refractivity contribution < 1.29 is 17.9 Å². The van der Waals surface area contributed by atoms with Crippen molar-refractivity contribution in [3.05, 3.63) is 18.3 Å². The van der Waals surface area contributed by atoms with Gasteiger partial charge in [0.2, 0.25) is 0 Å². The molecule has 0 bridgehead atoms. The number of ether oxygens (including phenoxy) is 1. The van der Waals surface area contributed by atoms with Crippen LogP contribution in [0.4, 0.5) is 19.0 Å². The van der Waals surface area contributed by atoms with E-state index in [0.717, 1.165) is 6.20 Å². The average molecular weight is 260 g/mol. The first kappa shape index (κ1) is 13.0. The van der Waals surface area contributed by atoms with Crippen molar-refractivity contribution in [2.24, 2.45) is 5.92 Å². The Morgan fingerprint density at radius 1 is 1.39 bits per heavy atom. The minimum absolute atomic E-state index is 0.292. The molecule has 0 spiro atoms. The molecule has 0 amide bonds. The van der Waals surface area contributed by atoms with Gasteiger partial charge in [0.05, 0.1) is 6.20 Å². The summed E-state index contributed by atoms with van der Waals surface area (Å²) in [5.74, 6) is 0.908. The Hall–Kier alpha value is -1.46. The highest BCUT2D eigenvalue weighted by atomic mass is 19.4. The molecule has 3 nitrogen and oxygen atoms in total. The van der Waals surface area contributed by atoms with E-state index in [0.29, 0.717) is 17.8 Å². The molecule has 1 N–H and O–H groups in total. The van der Waals surface area contributed by atoms with Crippen LogP contribution in [0.1, 0.15) is 26.2 Å². The van der Waals surface area contributed by atoms with Gasteiger partial charge in [0, 0.05) is 6.04 Å². The van der Waals surface area contributed by atoms with Crippen molar-refractivity contribution in [1.29, 1.82) is 0 Å². The summed E-state index contributed by atoms with van der Waals surface area (Å²) >= 11 is 0. The third-order valence-corrected chi connectivity index (χ3v) is 3.20. The van der Waals surface area contributed by atoms with Crippen LogP contribution >= 0.6 is 0 Å². The zero-order valence-electron chi connectivity index (χ0n) is 10.00. The SMILES string of the molecule is CC(Nc1ccc(OC(F)(F)F)cn1)C1CCC1. The number of pyridine rings is 1. The highest BCUT2D eigenvalue weighted by Gasteiger charge is 2.31. The van der Waals surface area contributed by atoms with Crippen LogP contribution in [0.15, 0.2) is 18.3 Å². The normalized spacial score (nSPS) is 18.0. The van der Waals surface area contributed by atoms with E-state index in [1.165, 1.54) is 31.4 Å². The Morgan fingerprint density at radius 3 is 2.56 bits per heavy atom. The van der Waals surface area contributed by atoms with Gasteiger partial charge >= 0.3 is 6.36 Å². The number of halogens is 3. The van der Waals surface area contributed by atoms with E-state index in [2.05, 4.69) is 22.0 Å². The van der Waals surface area contributed by atoms with Gasteiger partial charge in [0.15, 0.2) is 0 Å². The maximum absolute atomic E-state index is 11.9. The summed E-state index contributed by atoms with van der Waals surface area (Å²) in [5, 5.41) is 3.19. The monoisotopic (exact) mass is 260 g/mol. The lowest BCUT2D eigenvalue weighted by Crippen LogP contribution is -2.31. The first-order chi connectivity index (χ1) is 8.44. The summed E-state index contributed by atoms with van der Waals surface area (Å²) in [7, 11) is 0. The molecule has 0 saturated heterocycles. The van der Waals surface area contributed by atoms with Crippen LogP contribution in [0, 0.1) is 5.92 Å². The van der Waals surface area contributed by atoms with Gasteiger partial charge in [-0.1, -0.05) is 6.42 Å². The predicted octanol–water partition coefficient (Wildman–Crippen LogP) is 3.58. The number of rotatable bonds is 4. The molecule has 1 atom stereocenters. The summed E-state index contributed by atoms with van der Waals surface area (Å²) in [6.07, 6.45) is 0.0501. The first-order valence-electron chi connectivity index (χ1n) is 5.92. The van der Waals surface area contributed by atoms with Crippen LogP contribution in [0.2, 0.25) is 0 Å². The molecule has 1 aromatic heterocycles. The van der Waals surface area contributed by atoms with Crippen LogP contribution < -0.4 is 10.1 Å². The van der Waals surface area contributed by atoms with Gasteiger partial charge in [0.1, 0.15) is 11.6 Å². The molecule has 1 heterocycles. The van der Waals surface area contributed by atoms with Gasteiger partial charge in [-0.3, -0.25) is 0 Å². The first-order valence-corrected chi connectivity index (χ1v) is 5.92. The van der Waals surface area contributed by atoms with Gasteiger partial charge in [-0.05, 0) is 37.8 Å². The highest BCUT2D eigenvalue weighted by Crippen LogP contribution is 2.31. The summed E-state index contributed by atoms with van der Waals surface area (Å²) in [4.78, 5) is 3.91. The Bertz CT molecular complexity index is 387. The van der Waals surface area contributed by atoms with E-state index >= 15 is 0 Å². The molecule has 18 heavy (non-hydrogen) atoms. The lowest BCUT2D eigenvalue weighted by molar-refractivity contribution is -0.274.